The minimum Gasteiger partial charge on any atom is -0.342 e. The zero-order valence-electron chi connectivity index (χ0n) is 11.3. The first-order valence-electron chi connectivity index (χ1n) is 6.56. The maximum Gasteiger partial charge on any atom is 0.223 e. The Morgan fingerprint density at radius 3 is 2.83 bits per heavy atom. The number of hydrogen-bond donors (Lipinski definition) is 0. The zero-order valence-corrected chi connectivity index (χ0v) is 11.3. The largest absolute Gasteiger partial charge is 0.342 e. The zero-order chi connectivity index (χ0) is 13.1. The van der Waals surface area contributed by atoms with Gasteiger partial charge in [-0.25, -0.2) is 0 Å². The molecule has 1 aromatic carbocycles. The van der Waals surface area contributed by atoms with Crippen molar-refractivity contribution in [3.63, 3.8) is 0 Å². The van der Waals surface area contributed by atoms with Gasteiger partial charge in [0.25, 0.3) is 0 Å². The lowest BCUT2D eigenvalue weighted by Gasteiger charge is -2.17. The van der Waals surface area contributed by atoms with Crippen LogP contribution in [0.3, 0.4) is 0 Å². The molecule has 1 unspecified atom stereocenters. The Morgan fingerprint density at radius 2 is 2.22 bits per heavy atom. The molecule has 1 heterocycles. The third kappa shape index (κ3) is 2.81. The summed E-state index contributed by atoms with van der Waals surface area (Å²) in [4.78, 5) is 13.7. The monoisotopic (exact) mass is 243 g/mol. The fourth-order valence-corrected chi connectivity index (χ4v) is 2.56. The van der Waals surface area contributed by atoms with Gasteiger partial charge < -0.3 is 4.90 Å². The van der Waals surface area contributed by atoms with E-state index in [1.54, 1.807) is 0 Å². The molecular formula is C16H21NO. The Kier molecular flexibility index (Phi) is 3.85. The Hall–Kier alpha value is -1.57. The topological polar surface area (TPSA) is 20.3 Å². The van der Waals surface area contributed by atoms with Crippen LogP contribution in [0.15, 0.2) is 30.9 Å². The highest BCUT2D eigenvalue weighted by atomic mass is 16.2. The number of likely N-dealkylation sites (tertiary alicyclic amines) is 1. The van der Waals surface area contributed by atoms with Crippen LogP contribution in [-0.4, -0.2) is 23.9 Å². The molecule has 0 aromatic heterocycles. The Morgan fingerprint density at radius 1 is 1.44 bits per heavy atom. The fourth-order valence-electron chi connectivity index (χ4n) is 2.56. The van der Waals surface area contributed by atoms with Crippen molar-refractivity contribution in [2.75, 3.05) is 13.1 Å². The molecule has 0 saturated carbocycles. The molecule has 1 aliphatic rings. The van der Waals surface area contributed by atoms with Crippen molar-refractivity contribution in [2.24, 2.45) is 5.92 Å². The van der Waals surface area contributed by atoms with Crippen molar-refractivity contribution in [3.8, 4) is 0 Å². The molecule has 0 radical (unpaired) electrons. The molecular weight excluding hydrogens is 222 g/mol. The molecule has 0 bridgehead atoms. The molecule has 1 saturated heterocycles. The second kappa shape index (κ2) is 5.38. The average molecular weight is 243 g/mol. The molecule has 0 spiro atoms. The van der Waals surface area contributed by atoms with E-state index in [1.807, 2.05) is 11.0 Å². The molecule has 1 aromatic rings. The van der Waals surface area contributed by atoms with Gasteiger partial charge in [-0.1, -0.05) is 29.8 Å². The number of rotatable bonds is 4. The summed E-state index contributed by atoms with van der Waals surface area (Å²) in [6.45, 7) is 9.69. The van der Waals surface area contributed by atoms with Crippen LogP contribution in [0.4, 0.5) is 0 Å². The van der Waals surface area contributed by atoms with E-state index in [0.29, 0.717) is 12.3 Å². The van der Waals surface area contributed by atoms with Gasteiger partial charge in [-0.15, -0.1) is 6.58 Å². The average Bonchev–Trinajstić information content (AvgIpc) is 2.69. The lowest BCUT2D eigenvalue weighted by atomic mass is 10.0. The highest BCUT2D eigenvalue weighted by Gasteiger charge is 2.26. The van der Waals surface area contributed by atoms with E-state index in [9.17, 15) is 4.79 Å². The number of hydrogen-bond acceptors (Lipinski definition) is 1. The lowest BCUT2D eigenvalue weighted by Crippen LogP contribution is -2.27. The van der Waals surface area contributed by atoms with Gasteiger partial charge in [0.1, 0.15) is 0 Å². The van der Waals surface area contributed by atoms with Crippen LogP contribution in [0, 0.1) is 19.8 Å². The van der Waals surface area contributed by atoms with E-state index < -0.39 is 0 Å². The van der Waals surface area contributed by atoms with Crippen molar-refractivity contribution in [2.45, 2.75) is 26.7 Å². The summed E-state index contributed by atoms with van der Waals surface area (Å²) in [6.07, 6.45) is 3.48. The molecule has 2 heteroatoms. The van der Waals surface area contributed by atoms with Crippen LogP contribution in [0.2, 0.25) is 0 Å². The van der Waals surface area contributed by atoms with E-state index in [2.05, 4.69) is 38.6 Å². The van der Waals surface area contributed by atoms with Crippen LogP contribution >= 0.6 is 0 Å². The summed E-state index contributed by atoms with van der Waals surface area (Å²) in [5.74, 6) is 0.612. The number of carbonyl (C=O) groups excluding carboxylic acids is 1. The van der Waals surface area contributed by atoms with Gasteiger partial charge in [-0.2, -0.15) is 0 Å². The third-order valence-corrected chi connectivity index (χ3v) is 3.73. The second-order valence-corrected chi connectivity index (χ2v) is 5.22. The molecule has 96 valence electrons. The van der Waals surface area contributed by atoms with Crippen LogP contribution in [0.5, 0.6) is 0 Å². The van der Waals surface area contributed by atoms with E-state index >= 15 is 0 Å². The molecule has 0 N–H and O–H groups in total. The van der Waals surface area contributed by atoms with Gasteiger partial charge >= 0.3 is 0 Å². The van der Waals surface area contributed by atoms with Gasteiger partial charge in [0.15, 0.2) is 0 Å². The van der Waals surface area contributed by atoms with Crippen molar-refractivity contribution >= 4 is 5.91 Å². The number of nitrogens with zero attached hydrogens (tertiary/aromatic N) is 1. The van der Waals surface area contributed by atoms with E-state index in [-0.39, 0.29) is 5.91 Å². The second-order valence-electron chi connectivity index (χ2n) is 5.22. The predicted molar refractivity (Wildman–Crippen MR) is 74.5 cm³/mol. The summed E-state index contributed by atoms with van der Waals surface area (Å²) in [6, 6.07) is 6.52. The molecule has 1 atom stereocenters. The van der Waals surface area contributed by atoms with Crippen LogP contribution < -0.4 is 0 Å². The van der Waals surface area contributed by atoms with Crippen molar-refractivity contribution in [1.82, 2.24) is 4.90 Å². The molecule has 1 fully saturated rings. The summed E-state index contributed by atoms with van der Waals surface area (Å²) < 4.78 is 0. The quantitative estimate of drug-likeness (QED) is 0.745. The first kappa shape index (κ1) is 12.9. The summed E-state index contributed by atoms with van der Waals surface area (Å²) >= 11 is 0. The van der Waals surface area contributed by atoms with Crippen molar-refractivity contribution in [1.29, 1.82) is 0 Å². The Bertz CT molecular complexity index is 464. The SMILES string of the molecule is C=CC1CC(=O)N(CCc2ccc(C)cc2C)C1. The number of carbonyl (C=O) groups is 1. The Balaban J connectivity index is 1.95. The minimum atomic E-state index is 0.268. The first-order chi connectivity index (χ1) is 8.60. The van der Waals surface area contributed by atoms with E-state index in [4.69, 9.17) is 0 Å². The summed E-state index contributed by atoms with van der Waals surface area (Å²) in [7, 11) is 0. The molecule has 2 nitrogen and oxygen atoms in total. The summed E-state index contributed by atoms with van der Waals surface area (Å²) in [5.41, 5.74) is 3.96. The standard InChI is InChI=1S/C16H21NO/c1-4-14-10-16(18)17(11-14)8-7-15-6-5-12(2)9-13(15)3/h4-6,9,14H,1,7-8,10-11H2,2-3H3. The fraction of sp³-hybridized carbons (Fsp3) is 0.438. The number of benzene rings is 1. The molecule has 1 amide bonds. The Labute approximate surface area is 109 Å². The minimum absolute atomic E-state index is 0.268. The smallest absolute Gasteiger partial charge is 0.223 e. The first-order valence-corrected chi connectivity index (χ1v) is 6.56. The van der Waals surface area contributed by atoms with Crippen molar-refractivity contribution < 1.29 is 4.79 Å². The van der Waals surface area contributed by atoms with Gasteiger partial charge in [-0.05, 0) is 31.4 Å². The molecule has 0 aliphatic carbocycles. The van der Waals surface area contributed by atoms with Gasteiger partial charge in [0.2, 0.25) is 5.91 Å². The normalized spacial score (nSPS) is 19.3. The van der Waals surface area contributed by atoms with Gasteiger partial charge in [0, 0.05) is 25.4 Å². The number of aryl methyl sites for hydroxylation is 2. The van der Waals surface area contributed by atoms with E-state index in [1.165, 1.54) is 16.7 Å². The lowest BCUT2D eigenvalue weighted by molar-refractivity contribution is -0.127. The van der Waals surface area contributed by atoms with Gasteiger partial charge in [0.05, 0.1) is 0 Å². The van der Waals surface area contributed by atoms with E-state index in [0.717, 1.165) is 19.5 Å². The third-order valence-electron chi connectivity index (χ3n) is 3.73. The van der Waals surface area contributed by atoms with Crippen molar-refractivity contribution in [3.05, 3.63) is 47.5 Å². The molecule has 1 aliphatic heterocycles. The highest BCUT2D eigenvalue weighted by molar-refractivity contribution is 5.79. The maximum absolute atomic E-state index is 11.8. The van der Waals surface area contributed by atoms with Crippen LogP contribution in [0.1, 0.15) is 23.1 Å². The molecule has 2 rings (SSSR count). The van der Waals surface area contributed by atoms with Crippen LogP contribution in [0.25, 0.3) is 0 Å². The molecule has 18 heavy (non-hydrogen) atoms. The van der Waals surface area contributed by atoms with Gasteiger partial charge in [-0.3, -0.25) is 4.79 Å². The number of amides is 1. The highest BCUT2D eigenvalue weighted by Crippen LogP contribution is 2.19. The summed E-state index contributed by atoms with van der Waals surface area (Å²) in [5, 5.41) is 0. The van der Waals surface area contributed by atoms with Crippen LogP contribution in [-0.2, 0) is 11.2 Å². The predicted octanol–water partition coefficient (Wildman–Crippen LogP) is 2.88. The maximum atomic E-state index is 11.8.